The van der Waals surface area contributed by atoms with Gasteiger partial charge in [-0.25, -0.2) is 0 Å². The van der Waals surface area contributed by atoms with Gasteiger partial charge in [-0.15, -0.1) is 0 Å². The minimum Gasteiger partial charge on any atom is -0.394 e. The number of nitrogens with two attached hydrogens (primary N) is 1. The van der Waals surface area contributed by atoms with E-state index in [0.29, 0.717) is 19.8 Å². The number of hydrogen-bond acceptors (Lipinski definition) is 4. The van der Waals surface area contributed by atoms with Crippen LogP contribution in [0.25, 0.3) is 0 Å². The molecular weight excluding hydrogens is 220 g/mol. The molecule has 0 aliphatic heterocycles. The second-order valence-corrected chi connectivity index (χ2v) is 4.54. The van der Waals surface area contributed by atoms with E-state index in [1.807, 2.05) is 0 Å². The predicted molar refractivity (Wildman–Crippen MR) is 65.5 cm³/mol. The minimum absolute atomic E-state index is 0.00383. The first-order valence-electron chi connectivity index (χ1n) is 6.47. The summed E-state index contributed by atoms with van der Waals surface area (Å²) >= 11 is 0. The molecule has 2 atom stereocenters. The zero-order chi connectivity index (χ0) is 12.5. The van der Waals surface area contributed by atoms with Crippen LogP contribution >= 0.6 is 0 Å². The number of carbonyl (C=O) groups excluding carboxylic acids is 1. The molecule has 100 valence electrons. The van der Waals surface area contributed by atoms with Crippen LogP contribution in [0.3, 0.4) is 0 Å². The van der Waals surface area contributed by atoms with Crippen molar-refractivity contribution in [2.24, 2.45) is 11.7 Å². The summed E-state index contributed by atoms with van der Waals surface area (Å²) in [6.07, 6.45) is 5.23. The van der Waals surface area contributed by atoms with Crippen LogP contribution in [0.1, 0.15) is 32.1 Å². The predicted octanol–water partition coefficient (Wildman–Crippen LogP) is 0.0191. The van der Waals surface area contributed by atoms with Gasteiger partial charge in [0.2, 0.25) is 5.91 Å². The average molecular weight is 244 g/mol. The summed E-state index contributed by atoms with van der Waals surface area (Å²) in [6, 6.07) is -0.00383. The molecule has 1 fully saturated rings. The topological polar surface area (TPSA) is 84.6 Å². The van der Waals surface area contributed by atoms with Gasteiger partial charge in [0.1, 0.15) is 0 Å². The first-order valence-corrected chi connectivity index (χ1v) is 6.47. The second kappa shape index (κ2) is 8.44. The molecule has 0 radical (unpaired) electrons. The molecule has 2 unspecified atom stereocenters. The van der Waals surface area contributed by atoms with E-state index in [-0.39, 0.29) is 24.5 Å². The first-order chi connectivity index (χ1) is 8.25. The fraction of sp³-hybridized carbons (Fsp3) is 0.917. The van der Waals surface area contributed by atoms with Crippen LogP contribution in [-0.4, -0.2) is 43.4 Å². The van der Waals surface area contributed by atoms with Crippen molar-refractivity contribution in [2.75, 3.05) is 26.4 Å². The summed E-state index contributed by atoms with van der Waals surface area (Å²) in [4.78, 5) is 11.9. The molecule has 5 heteroatoms. The summed E-state index contributed by atoms with van der Waals surface area (Å²) in [5.74, 6) is 0.00217. The maximum Gasteiger partial charge on any atom is 0.224 e. The zero-order valence-corrected chi connectivity index (χ0v) is 10.4. The number of nitrogens with one attached hydrogen (secondary N) is 1. The number of rotatable bonds is 6. The average Bonchev–Trinajstić information content (AvgIpc) is 2.53. The summed E-state index contributed by atoms with van der Waals surface area (Å²) in [7, 11) is 0. The van der Waals surface area contributed by atoms with Crippen LogP contribution in [-0.2, 0) is 9.53 Å². The van der Waals surface area contributed by atoms with Crippen LogP contribution in [0.2, 0.25) is 0 Å². The Kier molecular flexibility index (Phi) is 7.16. The van der Waals surface area contributed by atoms with Crippen molar-refractivity contribution in [3.05, 3.63) is 0 Å². The normalized spacial score (nSPS) is 25.3. The SMILES string of the molecule is NC1CCCCCC1C(=O)NCCOCCO. The lowest BCUT2D eigenvalue weighted by atomic mass is 9.95. The highest BCUT2D eigenvalue weighted by atomic mass is 16.5. The molecule has 1 amide bonds. The van der Waals surface area contributed by atoms with E-state index in [4.69, 9.17) is 15.6 Å². The Bertz CT molecular complexity index is 224. The smallest absolute Gasteiger partial charge is 0.224 e. The molecule has 0 spiro atoms. The third-order valence-corrected chi connectivity index (χ3v) is 3.19. The quantitative estimate of drug-likeness (QED) is 0.454. The van der Waals surface area contributed by atoms with Crippen molar-refractivity contribution >= 4 is 5.91 Å². The molecular formula is C12H24N2O3. The number of hydrogen-bond donors (Lipinski definition) is 3. The van der Waals surface area contributed by atoms with Crippen LogP contribution in [0.15, 0.2) is 0 Å². The third-order valence-electron chi connectivity index (χ3n) is 3.19. The number of aliphatic hydroxyl groups is 1. The van der Waals surface area contributed by atoms with Gasteiger partial charge in [0.05, 0.1) is 25.7 Å². The van der Waals surface area contributed by atoms with E-state index in [2.05, 4.69) is 5.32 Å². The van der Waals surface area contributed by atoms with E-state index in [1.165, 1.54) is 6.42 Å². The van der Waals surface area contributed by atoms with Gasteiger partial charge in [0.15, 0.2) is 0 Å². The molecule has 1 aliphatic rings. The van der Waals surface area contributed by atoms with Crippen LogP contribution in [0, 0.1) is 5.92 Å². The monoisotopic (exact) mass is 244 g/mol. The molecule has 5 nitrogen and oxygen atoms in total. The Hall–Kier alpha value is -0.650. The van der Waals surface area contributed by atoms with Crippen molar-refractivity contribution in [2.45, 2.75) is 38.1 Å². The van der Waals surface area contributed by atoms with Crippen LogP contribution < -0.4 is 11.1 Å². The molecule has 4 N–H and O–H groups in total. The fourth-order valence-electron chi connectivity index (χ4n) is 2.21. The molecule has 1 rings (SSSR count). The van der Waals surface area contributed by atoms with E-state index in [0.717, 1.165) is 25.7 Å². The van der Waals surface area contributed by atoms with Crippen LogP contribution in [0.4, 0.5) is 0 Å². The van der Waals surface area contributed by atoms with Gasteiger partial charge in [-0.05, 0) is 12.8 Å². The fourth-order valence-corrected chi connectivity index (χ4v) is 2.21. The van der Waals surface area contributed by atoms with E-state index in [9.17, 15) is 4.79 Å². The molecule has 0 saturated heterocycles. The zero-order valence-electron chi connectivity index (χ0n) is 10.4. The van der Waals surface area contributed by atoms with E-state index in [1.54, 1.807) is 0 Å². The summed E-state index contributed by atoms with van der Waals surface area (Å²) in [5, 5.41) is 11.4. The molecule has 0 aromatic heterocycles. The highest BCUT2D eigenvalue weighted by Crippen LogP contribution is 2.22. The Morgan fingerprint density at radius 1 is 1.29 bits per heavy atom. The first kappa shape index (κ1) is 14.4. The highest BCUT2D eigenvalue weighted by molar-refractivity contribution is 5.79. The Morgan fingerprint density at radius 3 is 2.82 bits per heavy atom. The van der Waals surface area contributed by atoms with E-state index >= 15 is 0 Å². The molecule has 1 aliphatic carbocycles. The Morgan fingerprint density at radius 2 is 2.06 bits per heavy atom. The van der Waals surface area contributed by atoms with Gasteiger partial charge in [-0.2, -0.15) is 0 Å². The van der Waals surface area contributed by atoms with Crippen molar-refractivity contribution < 1.29 is 14.6 Å². The van der Waals surface area contributed by atoms with Crippen molar-refractivity contribution in [3.63, 3.8) is 0 Å². The third kappa shape index (κ3) is 5.48. The maximum atomic E-state index is 11.9. The van der Waals surface area contributed by atoms with Crippen molar-refractivity contribution in [1.29, 1.82) is 0 Å². The summed E-state index contributed by atoms with van der Waals surface area (Å²) in [6.45, 7) is 1.26. The second-order valence-electron chi connectivity index (χ2n) is 4.54. The number of ether oxygens (including phenoxy) is 1. The lowest BCUT2D eigenvalue weighted by molar-refractivity contribution is -0.126. The standard InChI is InChI=1S/C12H24N2O3/c13-11-5-3-1-2-4-10(11)12(16)14-6-8-17-9-7-15/h10-11,15H,1-9,13H2,(H,14,16). The van der Waals surface area contributed by atoms with Crippen molar-refractivity contribution in [3.8, 4) is 0 Å². The van der Waals surface area contributed by atoms with Gasteiger partial charge in [0.25, 0.3) is 0 Å². The molecule has 1 saturated carbocycles. The lowest BCUT2D eigenvalue weighted by Crippen LogP contribution is -2.42. The minimum atomic E-state index is -0.0460. The largest absolute Gasteiger partial charge is 0.394 e. The maximum absolute atomic E-state index is 11.9. The van der Waals surface area contributed by atoms with Gasteiger partial charge in [-0.1, -0.05) is 19.3 Å². The molecule has 0 aromatic rings. The number of carbonyl (C=O) groups is 1. The van der Waals surface area contributed by atoms with Crippen molar-refractivity contribution in [1.82, 2.24) is 5.32 Å². The summed E-state index contributed by atoms with van der Waals surface area (Å²) < 4.78 is 5.08. The van der Waals surface area contributed by atoms with E-state index < -0.39 is 0 Å². The van der Waals surface area contributed by atoms with Gasteiger partial charge < -0.3 is 20.9 Å². The lowest BCUT2D eigenvalue weighted by Gasteiger charge is -2.20. The highest BCUT2D eigenvalue weighted by Gasteiger charge is 2.26. The number of amides is 1. The molecule has 0 bridgehead atoms. The van der Waals surface area contributed by atoms with Gasteiger partial charge in [0, 0.05) is 12.6 Å². The van der Waals surface area contributed by atoms with Gasteiger partial charge >= 0.3 is 0 Å². The number of aliphatic hydroxyl groups excluding tert-OH is 1. The van der Waals surface area contributed by atoms with Gasteiger partial charge in [-0.3, -0.25) is 4.79 Å². The Balaban J connectivity index is 2.20. The molecule has 0 heterocycles. The molecule has 17 heavy (non-hydrogen) atoms. The Labute approximate surface area is 103 Å². The molecule has 0 aromatic carbocycles. The van der Waals surface area contributed by atoms with Crippen LogP contribution in [0.5, 0.6) is 0 Å². The summed E-state index contributed by atoms with van der Waals surface area (Å²) in [5.41, 5.74) is 6.01.